The van der Waals surface area contributed by atoms with E-state index < -0.39 is 10.0 Å². The van der Waals surface area contributed by atoms with Gasteiger partial charge < -0.3 is 5.32 Å². The first-order chi connectivity index (χ1) is 17.7. The Labute approximate surface area is 218 Å². The van der Waals surface area contributed by atoms with Gasteiger partial charge in [0.2, 0.25) is 10.0 Å². The number of anilines is 2. The van der Waals surface area contributed by atoms with Crippen LogP contribution in [0, 0.1) is 10.8 Å². The number of sulfonamides is 1. The van der Waals surface area contributed by atoms with E-state index in [1.54, 1.807) is 22.5 Å². The zero-order valence-electron chi connectivity index (χ0n) is 21.5. The summed E-state index contributed by atoms with van der Waals surface area (Å²) in [6.07, 6.45) is 2.88. The van der Waals surface area contributed by atoms with Crippen LogP contribution in [-0.2, 0) is 10.0 Å². The molecule has 1 aliphatic heterocycles. The molecule has 2 fully saturated rings. The predicted molar refractivity (Wildman–Crippen MR) is 148 cm³/mol. The first-order valence-electron chi connectivity index (χ1n) is 12.9. The quantitative estimate of drug-likeness (QED) is 0.325. The van der Waals surface area contributed by atoms with Crippen LogP contribution in [-0.4, -0.2) is 35.3 Å². The molecule has 6 rings (SSSR count). The minimum atomic E-state index is -3.63. The first-order valence-corrected chi connectivity index (χ1v) is 14.3. The van der Waals surface area contributed by atoms with Crippen molar-refractivity contribution in [3.8, 4) is 11.4 Å². The Balaban J connectivity index is 1.35. The second-order valence-corrected chi connectivity index (χ2v) is 13.2. The molecule has 2 unspecified atom stereocenters. The highest BCUT2D eigenvalue weighted by Gasteiger charge is 2.56. The summed E-state index contributed by atoms with van der Waals surface area (Å²) in [5.41, 5.74) is 2.54. The van der Waals surface area contributed by atoms with Crippen molar-refractivity contribution >= 4 is 32.4 Å². The van der Waals surface area contributed by atoms with Crippen molar-refractivity contribution in [1.82, 2.24) is 14.3 Å². The lowest BCUT2D eigenvalue weighted by Crippen LogP contribution is -2.38. The van der Waals surface area contributed by atoms with Crippen molar-refractivity contribution in [3.63, 3.8) is 0 Å². The third kappa shape index (κ3) is 4.10. The number of nitrogens with zero attached hydrogens (tertiary/aromatic N) is 3. The number of nitrogens with one attached hydrogen (secondary N) is 1. The van der Waals surface area contributed by atoms with Gasteiger partial charge in [0.1, 0.15) is 5.82 Å². The Kier molecular flexibility index (Phi) is 5.62. The molecule has 1 N–H and O–H groups in total. The van der Waals surface area contributed by atoms with E-state index in [-0.39, 0.29) is 16.9 Å². The molecule has 190 valence electrons. The third-order valence-corrected chi connectivity index (χ3v) is 10.6. The zero-order valence-corrected chi connectivity index (χ0v) is 22.3. The van der Waals surface area contributed by atoms with E-state index in [9.17, 15) is 8.42 Å². The van der Waals surface area contributed by atoms with Crippen LogP contribution in [0.4, 0.5) is 11.5 Å². The number of fused-ring (bicyclic) bond motifs is 3. The second kappa shape index (κ2) is 8.64. The van der Waals surface area contributed by atoms with Crippen molar-refractivity contribution in [2.45, 2.75) is 51.0 Å². The lowest BCUT2D eigenvalue weighted by atomic mass is 9.60. The predicted octanol–water partition coefficient (Wildman–Crippen LogP) is 6.63. The maximum Gasteiger partial charge on any atom is 0.243 e. The highest BCUT2D eigenvalue weighted by Crippen LogP contribution is 2.56. The average molecular weight is 513 g/mol. The summed E-state index contributed by atoms with van der Waals surface area (Å²) in [6, 6.07) is 24.9. The molecule has 1 aliphatic carbocycles. The maximum absolute atomic E-state index is 13.9. The van der Waals surface area contributed by atoms with Crippen LogP contribution in [0.25, 0.3) is 22.3 Å². The number of para-hydroxylation sites is 1. The van der Waals surface area contributed by atoms with E-state index in [4.69, 9.17) is 9.97 Å². The fourth-order valence-corrected chi connectivity index (χ4v) is 7.73. The molecular weight excluding hydrogens is 480 g/mol. The Morgan fingerprint density at radius 3 is 2.46 bits per heavy atom. The largest absolute Gasteiger partial charge is 0.340 e. The molecule has 0 radical (unpaired) electrons. The van der Waals surface area contributed by atoms with E-state index in [1.807, 2.05) is 60.7 Å². The summed E-state index contributed by atoms with van der Waals surface area (Å²) in [7, 11) is -3.63. The van der Waals surface area contributed by atoms with Crippen molar-refractivity contribution in [3.05, 3.63) is 78.9 Å². The molecule has 1 saturated heterocycles. The fourth-order valence-electron chi connectivity index (χ4n) is 5.90. The minimum Gasteiger partial charge on any atom is -0.340 e. The molecule has 37 heavy (non-hydrogen) atoms. The van der Waals surface area contributed by atoms with Gasteiger partial charge in [0.25, 0.3) is 0 Å². The number of benzene rings is 3. The molecule has 2 heterocycles. The van der Waals surface area contributed by atoms with Gasteiger partial charge in [-0.15, -0.1) is 0 Å². The molecule has 4 aromatic rings. The first kappa shape index (κ1) is 24.1. The van der Waals surface area contributed by atoms with Gasteiger partial charge >= 0.3 is 0 Å². The van der Waals surface area contributed by atoms with Gasteiger partial charge in [0, 0.05) is 29.2 Å². The van der Waals surface area contributed by atoms with Crippen LogP contribution in [0.2, 0.25) is 0 Å². The van der Waals surface area contributed by atoms with Crippen molar-refractivity contribution < 1.29 is 8.42 Å². The van der Waals surface area contributed by atoms with Crippen LogP contribution >= 0.6 is 0 Å². The highest BCUT2D eigenvalue weighted by atomic mass is 32.2. The highest BCUT2D eigenvalue weighted by molar-refractivity contribution is 7.89. The van der Waals surface area contributed by atoms with Crippen LogP contribution in [0.15, 0.2) is 83.8 Å². The summed E-state index contributed by atoms with van der Waals surface area (Å²) in [5, 5.41) is 4.27. The minimum absolute atomic E-state index is 0.00738. The summed E-state index contributed by atoms with van der Waals surface area (Å²) in [6.45, 7) is 7.37. The van der Waals surface area contributed by atoms with Crippen molar-refractivity contribution in [2.24, 2.45) is 10.8 Å². The summed E-state index contributed by atoms with van der Waals surface area (Å²) >= 11 is 0. The standard InChI is InChI=1S/C30H32N4O2S/c1-29(2)17-16-23-19-30(29,3)20-34(23)37(35,36)24-13-9-12-22(18-24)31-28-25-14-7-8-15-26(25)32-27(33-28)21-10-5-4-6-11-21/h4-15,18,23H,16-17,19-20H2,1-3H3,(H,31,32,33). The fraction of sp³-hybridized carbons (Fsp3) is 0.333. The van der Waals surface area contributed by atoms with Crippen LogP contribution in [0.1, 0.15) is 40.0 Å². The number of rotatable bonds is 5. The van der Waals surface area contributed by atoms with Crippen LogP contribution in [0.3, 0.4) is 0 Å². The van der Waals surface area contributed by atoms with Gasteiger partial charge in [-0.05, 0) is 60.4 Å². The maximum atomic E-state index is 13.9. The zero-order chi connectivity index (χ0) is 25.8. The van der Waals surface area contributed by atoms with Gasteiger partial charge in [-0.25, -0.2) is 18.4 Å². The van der Waals surface area contributed by atoms with E-state index in [0.717, 1.165) is 35.7 Å². The number of hydrogen-bond acceptors (Lipinski definition) is 5. The van der Waals surface area contributed by atoms with E-state index in [2.05, 4.69) is 26.1 Å². The molecule has 6 nitrogen and oxygen atoms in total. The molecular formula is C30H32N4O2S. The molecule has 0 amide bonds. The summed E-state index contributed by atoms with van der Waals surface area (Å²) in [4.78, 5) is 9.89. The lowest BCUT2D eigenvalue weighted by Gasteiger charge is -2.44. The summed E-state index contributed by atoms with van der Waals surface area (Å²) in [5.74, 6) is 1.26. The van der Waals surface area contributed by atoms with Crippen LogP contribution in [0.5, 0.6) is 0 Å². The monoisotopic (exact) mass is 512 g/mol. The van der Waals surface area contributed by atoms with Crippen LogP contribution < -0.4 is 5.32 Å². The van der Waals surface area contributed by atoms with E-state index in [0.29, 0.717) is 28.8 Å². The van der Waals surface area contributed by atoms with Gasteiger partial charge in [-0.2, -0.15) is 4.31 Å². The molecule has 0 spiro atoms. The average Bonchev–Trinajstić information content (AvgIpc) is 3.23. The SMILES string of the molecule is CC1(C)CCC2CC1(C)CN2S(=O)(=O)c1cccc(Nc2nc(-c3ccccc3)nc3ccccc23)c1. The Morgan fingerprint density at radius 1 is 0.919 bits per heavy atom. The molecule has 2 bridgehead atoms. The number of aromatic nitrogens is 2. The number of hydrogen-bond donors (Lipinski definition) is 1. The van der Waals surface area contributed by atoms with E-state index in [1.165, 1.54) is 0 Å². The third-order valence-electron chi connectivity index (χ3n) is 8.67. The van der Waals surface area contributed by atoms with Gasteiger partial charge in [-0.1, -0.05) is 69.3 Å². The Bertz CT molecular complexity index is 1590. The smallest absolute Gasteiger partial charge is 0.243 e. The lowest BCUT2D eigenvalue weighted by molar-refractivity contribution is 0.0710. The van der Waals surface area contributed by atoms with Crippen molar-refractivity contribution in [2.75, 3.05) is 11.9 Å². The topological polar surface area (TPSA) is 75.2 Å². The van der Waals surface area contributed by atoms with Gasteiger partial charge in [-0.3, -0.25) is 0 Å². The normalized spacial score (nSPS) is 23.3. The molecule has 2 atom stereocenters. The van der Waals surface area contributed by atoms with Gasteiger partial charge in [0.15, 0.2) is 5.82 Å². The molecule has 1 aromatic heterocycles. The van der Waals surface area contributed by atoms with Gasteiger partial charge in [0.05, 0.1) is 10.4 Å². The van der Waals surface area contributed by atoms with Crippen molar-refractivity contribution in [1.29, 1.82) is 0 Å². The molecule has 2 aliphatic rings. The molecule has 7 heteroatoms. The molecule has 1 saturated carbocycles. The van der Waals surface area contributed by atoms with E-state index >= 15 is 0 Å². The Morgan fingerprint density at radius 2 is 1.68 bits per heavy atom. The summed E-state index contributed by atoms with van der Waals surface area (Å²) < 4.78 is 29.5. The second-order valence-electron chi connectivity index (χ2n) is 11.3. The Hall–Kier alpha value is -3.29. The molecule has 3 aromatic carbocycles.